The maximum Gasteiger partial charge on any atom is 0.357 e. The number of carbonyl (C=O) groups excluding carboxylic acids is 1. The van der Waals surface area contributed by atoms with Gasteiger partial charge in [-0.15, -0.1) is 22.7 Å². The van der Waals surface area contributed by atoms with Gasteiger partial charge in [-0.1, -0.05) is 18.2 Å². The summed E-state index contributed by atoms with van der Waals surface area (Å²) in [5.74, 6) is -0.240. The summed E-state index contributed by atoms with van der Waals surface area (Å²) in [6.45, 7) is 1.38. The summed E-state index contributed by atoms with van der Waals surface area (Å²) in [6, 6.07) is 16.1. The fourth-order valence-corrected chi connectivity index (χ4v) is 7.12. The second kappa shape index (κ2) is 11.0. The summed E-state index contributed by atoms with van der Waals surface area (Å²) in [5.41, 5.74) is 1.97. The largest absolute Gasteiger partial charge is 0.357 e. The van der Waals surface area contributed by atoms with Crippen LogP contribution >= 0.6 is 22.7 Å². The highest BCUT2D eigenvalue weighted by Gasteiger charge is 2.30. The molecule has 0 aliphatic carbocycles. The molecule has 0 aliphatic heterocycles. The minimum atomic E-state index is -4.43. The Kier molecular flexibility index (Phi) is 7.94. The van der Waals surface area contributed by atoms with Crippen molar-refractivity contribution in [3.63, 3.8) is 0 Å². The summed E-state index contributed by atoms with van der Waals surface area (Å²) in [5, 5.41) is 5.90. The Morgan fingerprint density at radius 2 is 1.54 bits per heavy atom. The van der Waals surface area contributed by atoms with Gasteiger partial charge in [0.15, 0.2) is 0 Å². The molecule has 37 heavy (non-hydrogen) atoms. The van der Waals surface area contributed by atoms with E-state index in [-0.39, 0.29) is 18.0 Å². The lowest BCUT2D eigenvalue weighted by atomic mass is 10.1. The molecule has 1 unspecified atom stereocenters. The van der Waals surface area contributed by atoms with Crippen LogP contribution in [0.25, 0.3) is 9.88 Å². The van der Waals surface area contributed by atoms with Crippen LogP contribution in [0, 0.1) is 0 Å². The molecule has 0 saturated carbocycles. The van der Waals surface area contributed by atoms with E-state index >= 15 is 0 Å². The van der Waals surface area contributed by atoms with Gasteiger partial charge in [-0.2, -0.15) is 8.42 Å². The number of aromatic nitrogens is 1. The molecule has 0 fully saturated rings. The fraction of sp³-hybridized carbons (Fsp3) is 0.130. The molecule has 10 nitrogen and oxygen atoms in total. The van der Waals surface area contributed by atoms with Crippen LogP contribution < -0.4 is 14.8 Å². The van der Waals surface area contributed by atoms with Gasteiger partial charge >= 0.3 is 10.3 Å². The highest BCUT2D eigenvalue weighted by atomic mass is 32.2. The second-order valence-corrected chi connectivity index (χ2v) is 12.8. The number of sulfonamides is 1. The van der Waals surface area contributed by atoms with Crippen molar-refractivity contribution in [2.45, 2.75) is 18.6 Å². The summed E-state index contributed by atoms with van der Waals surface area (Å²) < 4.78 is 62.8. The van der Waals surface area contributed by atoms with Gasteiger partial charge in [0, 0.05) is 23.7 Å². The van der Waals surface area contributed by atoms with Crippen LogP contribution in [-0.2, 0) is 31.5 Å². The second-order valence-electron chi connectivity index (χ2n) is 7.93. The van der Waals surface area contributed by atoms with Crippen molar-refractivity contribution in [3.05, 3.63) is 82.7 Å². The molecular formula is C23H22N4O6S4. The number of thiazole rings is 1. The molecule has 0 aliphatic rings. The van der Waals surface area contributed by atoms with Gasteiger partial charge < -0.3 is 5.32 Å². The molecule has 2 aromatic carbocycles. The zero-order chi connectivity index (χ0) is 26.6. The Hall–Kier alpha value is -3.30. The number of hydrogen-bond donors (Lipinski definition) is 4. The molecular weight excluding hydrogens is 557 g/mol. The normalized spacial score (nSPS) is 12.6. The molecule has 0 bridgehead atoms. The Balaban J connectivity index is 1.63. The lowest BCUT2D eigenvalue weighted by molar-refractivity contribution is -0.114. The molecule has 1 amide bonds. The molecule has 4 rings (SSSR count). The van der Waals surface area contributed by atoms with E-state index in [0.29, 0.717) is 27.6 Å². The van der Waals surface area contributed by atoms with Gasteiger partial charge in [-0.05, 0) is 59.8 Å². The first-order valence-corrected chi connectivity index (χ1v) is 15.5. The number of thiophene rings is 1. The molecule has 14 heteroatoms. The molecule has 194 valence electrons. The van der Waals surface area contributed by atoms with Gasteiger partial charge in [-0.25, -0.2) is 13.4 Å². The van der Waals surface area contributed by atoms with Crippen LogP contribution in [0.15, 0.2) is 71.4 Å². The molecule has 1 atom stereocenters. The molecule has 2 aromatic heterocycles. The quantitative estimate of drug-likeness (QED) is 0.198. The van der Waals surface area contributed by atoms with E-state index in [1.54, 1.807) is 41.8 Å². The lowest BCUT2D eigenvalue weighted by Crippen LogP contribution is -2.23. The van der Waals surface area contributed by atoms with E-state index in [9.17, 15) is 21.6 Å². The van der Waals surface area contributed by atoms with Crippen molar-refractivity contribution in [1.29, 1.82) is 0 Å². The van der Waals surface area contributed by atoms with Crippen LogP contribution in [0.5, 0.6) is 0 Å². The molecule has 4 N–H and O–H groups in total. The Bertz CT molecular complexity index is 1580. The Morgan fingerprint density at radius 1 is 0.919 bits per heavy atom. The van der Waals surface area contributed by atoms with E-state index in [4.69, 9.17) is 4.55 Å². The van der Waals surface area contributed by atoms with Gasteiger partial charge in [0.1, 0.15) is 10.3 Å². The van der Waals surface area contributed by atoms with Gasteiger partial charge in [0.05, 0.1) is 16.3 Å². The molecule has 2 heterocycles. The Morgan fingerprint density at radius 3 is 2.14 bits per heavy atom. The first kappa shape index (κ1) is 26.8. The van der Waals surface area contributed by atoms with Gasteiger partial charge in [-0.3, -0.25) is 18.8 Å². The summed E-state index contributed by atoms with van der Waals surface area (Å²) in [4.78, 5) is 16.8. The highest BCUT2D eigenvalue weighted by Crippen LogP contribution is 2.34. The van der Waals surface area contributed by atoms with Crippen LogP contribution in [0.2, 0.25) is 0 Å². The van der Waals surface area contributed by atoms with Gasteiger partial charge in [0.2, 0.25) is 15.9 Å². The Labute approximate surface area is 222 Å². The number of carbonyl (C=O) groups is 1. The van der Waals surface area contributed by atoms with E-state index in [1.165, 1.54) is 41.7 Å². The number of anilines is 3. The van der Waals surface area contributed by atoms with Crippen molar-refractivity contribution in [3.8, 4) is 9.88 Å². The van der Waals surface area contributed by atoms with Gasteiger partial charge in [0.25, 0.3) is 0 Å². The average Bonchev–Trinajstić information content (AvgIpc) is 3.50. The first-order valence-electron chi connectivity index (χ1n) is 10.7. The number of rotatable bonds is 10. The third-order valence-electron chi connectivity index (χ3n) is 5.05. The van der Waals surface area contributed by atoms with Crippen molar-refractivity contribution in [2.75, 3.05) is 14.8 Å². The monoisotopic (exact) mass is 578 g/mol. The number of benzene rings is 2. The zero-order valence-corrected chi connectivity index (χ0v) is 22.5. The number of nitrogens with zero attached hydrogens (tertiary/aromatic N) is 1. The predicted octanol–water partition coefficient (Wildman–Crippen LogP) is 4.77. The SMILES string of the molecule is CC(=O)Nc1ccc(NS(=O)(=O)C(Cc2ccc(NS(=O)(=O)O)cc2)c2csc(-c3cccs3)n2)cc1. The van der Waals surface area contributed by atoms with E-state index in [2.05, 4.69) is 15.0 Å². The van der Waals surface area contributed by atoms with Crippen LogP contribution in [-0.4, -0.2) is 32.3 Å². The number of amides is 1. The highest BCUT2D eigenvalue weighted by molar-refractivity contribution is 7.93. The standard InChI is InChI=1S/C23H22N4O6S4/c1-15(28)24-17-8-10-18(11-9-17)26-36(29,30)22(20-14-35-23(25-20)21-3-2-12-34-21)13-16-4-6-19(7-5-16)27-37(31,32)33/h2-12,14,22,26-27H,13H2,1H3,(H,24,28)(H,31,32,33). The average molecular weight is 579 g/mol. The van der Waals surface area contributed by atoms with Crippen molar-refractivity contribution >= 4 is 66.0 Å². The van der Waals surface area contributed by atoms with Crippen LogP contribution in [0.1, 0.15) is 23.4 Å². The first-order chi connectivity index (χ1) is 17.5. The molecule has 4 aromatic rings. The van der Waals surface area contributed by atoms with E-state index < -0.39 is 25.6 Å². The number of hydrogen-bond acceptors (Lipinski definition) is 8. The van der Waals surface area contributed by atoms with E-state index in [1.807, 2.05) is 22.2 Å². The molecule has 0 saturated heterocycles. The third-order valence-corrected chi connectivity index (χ3v) is 9.12. The zero-order valence-electron chi connectivity index (χ0n) is 19.3. The summed E-state index contributed by atoms with van der Waals surface area (Å²) in [6.07, 6.45) is 0.0546. The van der Waals surface area contributed by atoms with E-state index in [0.717, 1.165) is 4.88 Å². The lowest BCUT2D eigenvalue weighted by Gasteiger charge is -2.18. The third kappa shape index (κ3) is 7.36. The smallest absolute Gasteiger partial charge is 0.326 e. The molecule has 0 radical (unpaired) electrons. The maximum atomic E-state index is 13.6. The summed E-state index contributed by atoms with van der Waals surface area (Å²) >= 11 is 2.85. The fourth-order valence-electron chi connectivity index (χ4n) is 3.45. The number of nitrogens with one attached hydrogen (secondary N) is 3. The maximum absolute atomic E-state index is 13.6. The van der Waals surface area contributed by atoms with Crippen molar-refractivity contribution in [2.24, 2.45) is 0 Å². The minimum Gasteiger partial charge on any atom is -0.326 e. The minimum absolute atomic E-state index is 0.0546. The van der Waals surface area contributed by atoms with Crippen molar-refractivity contribution in [1.82, 2.24) is 4.98 Å². The molecule has 0 spiro atoms. The topological polar surface area (TPSA) is 155 Å². The van der Waals surface area contributed by atoms with Crippen molar-refractivity contribution < 1.29 is 26.2 Å². The predicted molar refractivity (Wildman–Crippen MR) is 147 cm³/mol. The van der Waals surface area contributed by atoms with Crippen LogP contribution in [0.4, 0.5) is 17.1 Å². The summed E-state index contributed by atoms with van der Waals surface area (Å²) in [7, 11) is -8.43. The van der Waals surface area contributed by atoms with Crippen LogP contribution in [0.3, 0.4) is 0 Å².